The van der Waals surface area contributed by atoms with E-state index in [-0.39, 0.29) is 44.2 Å². The standard InChI is InChI=1S/C59H52N4O/c1-57(2,3)41-30-31-60-55(32-41)63-51-27-15-14-24-47(51)48-29-28-44(34-52(48)63)64-43-23-16-22-42(33-43)61-38-62(54-36-50-49(35-53(54)61)58(4,5)37-59(50,6)7)56-45(39-18-10-8-11-19-39)25-17-26-46(56)40-20-12-9-13-21-40/h8-36H,37H2,1-7H3/i8D,9D,10D,11D,12D,13D,18D,19D,20D,21D. The lowest BCUT2D eigenvalue weighted by atomic mass is 9.82. The van der Waals surface area contributed by atoms with E-state index in [1.165, 1.54) is 0 Å². The van der Waals surface area contributed by atoms with Crippen LogP contribution in [0.5, 0.6) is 11.5 Å². The summed E-state index contributed by atoms with van der Waals surface area (Å²) in [6, 6.07) is 30.2. The summed E-state index contributed by atoms with van der Waals surface area (Å²) in [6.07, 6.45) is 6.30. The van der Waals surface area contributed by atoms with Gasteiger partial charge in [-0.25, -0.2) is 4.98 Å². The van der Waals surface area contributed by atoms with E-state index in [0.29, 0.717) is 28.2 Å². The first-order valence-electron chi connectivity index (χ1n) is 26.6. The summed E-state index contributed by atoms with van der Waals surface area (Å²) in [4.78, 5) is 4.85. The van der Waals surface area contributed by atoms with Crippen LogP contribution in [0, 0.1) is 6.33 Å². The SMILES string of the molecule is [2H]c1c([2H])c([2H])c(-c2cccc(-c3c([2H])c([2H])c([2H])c([2H])c3[2H])c2-[n+]2[c-]n(-c3cccc(Oc4ccc5c6ccccc6n(-c6cc(C(C)(C)C)ccn6)c5c4)c3)c3cc4c(cc32)C(C)(C)CC4(C)C)c([2H])c1[2H]. The molecule has 0 saturated carbocycles. The summed E-state index contributed by atoms with van der Waals surface area (Å²) >= 11 is 0. The van der Waals surface area contributed by atoms with Crippen molar-refractivity contribution in [3.63, 3.8) is 0 Å². The van der Waals surface area contributed by atoms with Gasteiger partial charge >= 0.3 is 0 Å². The van der Waals surface area contributed by atoms with Gasteiger partial charge in [0.25, 0.3) is 6.33 Å². The molecule has 3 heterocycles. The second-order valence-corrected chi connectivity index (χ2v) is 19.1. The number of pyridine rings is 1. The molecule has 7 aromatic carbocycles. The van der Waals surface area contributed by atoms with Gasteiger partial charge in [-0.15, -0.1) is 0 Å². The summed E-state index contributed by atoms with van der Waals surface area (Å²) < 4.78 is 101. The molecule has 10 aromatic rings. The van der Waals surface area contributed by atoms with Crippen molar-refractivity contribution < 1.29 is 23.0 Å². The highest BCUT2D eigenvalue weighted by Crippen LogP contribution is 2.50. The van der Waals surface area contributed by atoms with Gasteiger partial charge in [0, 0.05) is 23.0 Å². The summed E-state index contributed by atoms with van der Waals surface area (Å²) in [5.41, 5.74) is 7.06. The monoisotopic (exact) mass is 842 g/mol. The van der Waals surface area contributed by atoms with Crippen molar-refractivity contribution in [1.29, 1.82) is 0 Å². The molecular formula is C59H52N4O. The second-order valence-electron chi connectivity index (χ2n) is 19.1. The molecule has 5 heteroatoms. The van der Waals surface area contributed by atoms with Crippen LogP contribution >= 0.6 is 0 Å². The Kier molecular flexibility index (Phi) is 6.87. The lowest BCUT2D eigenvalue weighted by Crippen LogP contribution is -2.32. The molecule has 11 rings (SSSR count). The Morgan fingerprint density at radius 3 is 1.98 bits per heavy atom. The molecule has 1 aliphatic carbocycles. The number of aromatic nitrogens is 4. The Balaban J connectivity index is 1.15. The third-order valence-corrected chi connectivity index (χ3v) is 12.7. The largest absolute Gasteiger partial charge is 0.458 e. The molecule has 0 bridgehead atoms. The molecule has 314 valence electrons. The minimum Gasteiger partial charge on any atom is -0.458 e. The van der Waals surface area contributed by atoms with Gasteiger partial charge < -0.3 is 4.74 Å². The van der Waals surface area contributed by atoms with Gasteiger partial charge in [0.05, 0.1) is 47.1 Å². The van der Waals surface area contributed by atoms with E-state index >= 15 is 0 Å². The number of rotatable bonds is 7. The number of hydrogen-bond acceptors (Lipinski definition) is 2. The quantitative estimate of drug-likeness (QED) is 0.118. The summed E-state index contributed by atoms with van der Waals surface area (Å²) in [7, 11) is 0. The van der Waals surface area contributed by atoms with Gasteiger partial charge in [-0.3, -0.25) is 13.7 Å². The molecule has 1 aliphatic rings. The third-order valence-electron chi connectivity index (χ3n) is 12.7. The van der Waals surface area contributed by atoms with Gasteiger partial charge in [-0.05, 0) is 122 Å². The molecule has 0 radical (unpaired) electrons. The molecule has 0 atom stereocenters. The van der Waals surface area contributed by atoms with Crippen molar-refractivity contribution in [1.82, 2.24) is 14.1 Å². The van der Waals surface area contributed by atoms with E-state index in [2.05, 4.69) is 102 Å². The number of hydrogen-bond donors (Lipinski definition) is 0. The number of fused-ring (bicyclic) bond motifs is 5. The van der Waals surface area contributed by atoms with Gasteiger partial charge in [-0.1, -0.05) is 151 Å². The molecule has 0 spiro atoms. The van der Waals surface area contributed by atoms with Crippen LogP contribution in [0.2, 0.25) is 0 Å². The second kappa shape index (κ2) is 14.7. The minimum atomic E-state index is -0.560. The summed E-state index contributed by atoms with van der Waals surface area (Å²) in [5, 5.41) is 2.14. The van der Waals surface area contributed by atoms with E-state index < -0.39 is 60.4 Å². The zero-order valence-electron chi connectivity index (χ0n) is 46.9. The van der Waals surface area contributed by atoms with E-state index in [9.17, 15) is 5.48 Å². The lowest BCUT2D eigenvalue weighted by molar-refractivity contribution is -0.571. The van der Waals surface area contributed by atoms with Crippen LogP contribution in [0.4, 0.5) is 0 Å². The van der Waals surface area contributed by atoms with Crippen LogP contribution < -0.4 is 9.30 Å². The van der Waals surface area contributed by atoms with Gasteiger partial charge in [0.2, 0.25) is 0 Å². The predicted octanol–water partition coefficient (Wildman–Crippen LogP) is 14.6. The molecule has 0 saturated heterocycles. The average molecular weight is 843 g/mol. The maximum absolute atomic E-state index is 9.19. The molecular weight excluding hydrogens is 781 g/mol. The van der Waals surface area contributed by atoms with Gasteiger partial charge in [-0.2, -0.15) is 0 Å². The van der Waals surface area contributed by atoms with Crippen LogP contribution in [0.1, 0.15) is 85.3 Å². The number of nitrogens with zero attached hydrogens (tertiary/aromatic N) is 4. The number of ether oxygens (including phenoxy) is 1. The maximum Gasteiger partial charge on any atom is 0.269 e. The first-order chi connectivity index (χ1) is 35.0. The Labute approximate surface area is 389 Å². The number of imidazole rings is 1. The fourth-order valence-electron chi connectivity index (χ4n) is 9.97. The smallest absolute Gasteiger partial charge is 0.269 e. The predicted molar refractivity (Wildman–Crippen MR) is 263 cm³/mol. The Bertz CT molecular complexity index is 3890. The molecule has 5 nitrogen and oxygen atoms in total. The van der Waals surface area contributed by atoms with E-state index in [4.69, 9.17) is 17.9 Å². The highest BCUT2D eigenvalue weighted by Gasteiger charge is 2.42. The van der Waals surface area contributed by atoms with Crippen LogP contribution in [0.25, 0.3) is 72.3 Å². The molecule has 0 fully saturated rings. The fraction of sp³-hybridized carbons (Fsp3) is 0.186. The molecule has 0 amide bonds. The van der Waals surface area contributed by atoms with Crippen molar-refractivity contribution >= 4 is 32.8 Å². The maximum atomic E-state index is 9.19. The van der Waals surface area contributed by atoms with E-state index in [0.717, 1.165) is 50.7 Å². The van der Waals surface area contributed by atoms with Crippen molar-refractivity contribution in [2.45, 2.75) is 71.1 Å². The van der Waals surface area contributed by atoms with E-state index in [1.807, 2.05) is 59.3 Å². The lowest BCUT2D eigenvalue weighted by Gasteiger charge is -2.22. The van der Waals surface area contributed by atoms with Crippen LogP contribution in [-0.2, 0) is 16.2 Å². The van der Waals surface area contributed by atoms with E-state index in [1.54, 1.807) is 22.8 Å². The van der Waals surface area contributed by atoms with Gasteiger partial charge in [0.1, 0.15) is 17.3 Å². The minimum absolute atomic E-state index is 0.0926. The van der Waals surface area contributed by atoms with Crippen molar-refractivity contribution in [2.24, 2.45) is 0 Å². The molecule has 0 unspecified atom stereocenters. The topological polar surface area (TPSA) is 35.9 Å². The molecule has 0 aliphatic heterocycles. The highest BCUT2D eigenvalue weighted by molar-refractivity contribution is 6.09. The van der Waals surface area contributed by atoms with Gasteiger partial charge in [0.15, 0.2) is 0 Å². The zero-order chi connectivity index (χ0) is 52.7. The van der Waals surface area contributed by atoms with Crippen molar-refractivity contribution in [2.75, 3.05) is 0 Å². The van der Waals surface area contributed by atoms with Crippen LogP contribution in [0.3, 0.4) is 0 Å². The Morgan fingerprint density at radius 2 is 1.28 bits per heavy atom. The van der Waals surface area contributed by atoms with Crippen molar-refractivity contribution in [3.05, 3.63) is 199 Å². The Morgan fingerprint density at radius 1 is 0.641 bits per heavy atom. The Hall–Kier alpha value is -7.24. The molecule has 0 N–H and O–H groups in total. The molecule has 3 aromatic heterocycles. The number of para-hydroxylation sites is 2. The summed E-state index contributed by atoms with van der Waals surface area (Å²) in [5.74, 6) is 1.92. The zero-order valence-corrected chi connectivity index (χ0v) is 36.9. The average Bonchev–Trinajstić information content (AvgIpc) is 3.96. The first-order valence-corrected chi connectivity index (χ1v) is 21.6. The molecule has 64 heavy (non-hydrogen) atoms. The summed E-state index contributed by atoms with van der Waals surface area (Å²) in [6.45, 7) is 15.4. The normalized spacial score (nSPS) is 16.5. The van der Waals surface area contributed by atoms with Crippen molar-refractivity contribution in [3.8, 4) is 50.9 Å². The third kappa shape index (κ3) is 6.61. The fourth-order valence-corrected chi connectivity index (χ4v) is 9.97. The van der Waals surface area contributed by atoms with Crippen LogP contribution in [0.15, 0.2) is 176 Å². The highest BCUT2D eigenvalue weighted by atomic mass is 16.5. The van der Waals surface area contributed by atoms with Crippen LogP contribution in [-0.4, -0.2) is 14.1 Å². The first kappa shape index (κ1) is 30.0. The number of benzene rings is 7.